The van der Waals surface area contributed by atoms with E-state index in [0.29, 0.717) is 5.92 Å². The number of hydrogen-bond donors (Lipinski definition) is 0. The van der Waals surface area contributed by atoms with Gasteiger partial charge in [-0.2, -0.15) is 0 Å². The van der Waals surface area contributed by atoms with Crippen molar-refractivity contribution >= 4 is 60.9 Å². The highest BCUT2D eigenvalue weighted by atomic mass is 15.1. The molecule has 11 rings (SSSR count). The zero-order valence-corrected chi connectivity index (χ0v) is 32.4. The first-order valence-corrected chi connectivity index (χ1v) is 21.4. The molecule has 2 heteroatoms. The normalized spacial score (nSPS) is 19.7. The molecule has 56 heavy (non-hydrogen) atoms. The van der Waals surface area contributed by atoms with E-state index in [0.717, 1.165) is 45.4 Å². The van der Waals surface area contributed by atoms with Gasteiger partial charge in [-0.05, 0) is 170 Å². The molecule has 0 spiro atoms. The Balaban J connectivity index is 1.13. The van der Waals surface area contributed by atoms with Gasteiger partial charge in [-0.1, -0.05) is 109 Å². The minimum absolute atomic E-state index is 0.368. The fraction of sp³-hybridized carbons (Fsp3) is 0.259. The topological polar surface area (TPSA) is 6.48 Å². The van der Waals surface area contributed by atoms with Crippen LogP contribution in [0.5, 0.6) is 0 Å². The molecule has 0 N–H and O–H groups in total. The Bertz CT molecular complexity index is 2800. The second-order valence-corrected chi connectivity index (χ2v) is 16.8. The van der Waals surface area contributed by atoms with Crippen LogP contribution in [0.15, 0.2) is 145 Å². The number of rotatable bonds is 5. The lowest BCUT2D eigenvalue weighted by molar-refractivity contribution is 0.578. The second-order valence-electron chi connectivity index (χ2n) is 16.8. The highest BCUT2D eigenvalue weighted by Gasteiger charge is 2.26. The molecular formula is C54H50N2. The Morgan fingerprint density at radius 1 is 0.554 bits per heavy atom. The van der Waals surface area contributed by atoms with Gasteiger partial charge in [0.2, 0.25) is 0 Å². The van der Waals surface area contributed by atoms with Crippen molar-refractivity contribution in [3.05, 3.63) is 161 Å². The molecule has 6 aromatic carbocycles. The van der Waals surface area contributed by atoms with Crippen molar-refractivity contribution in [2.24, 2.45) is 5.92 Å². The van der Waals surface area contributed by atoms with E-state index in [1.165, 1.54) is 132 Å². The molecule has 0 saturated carbocycles. The molecule has 1 unspecified atom stereocenters. The minimum atomic E-state index is 0.368. The molecular weight excluding hydrogens is 677 g/mol. The van der Waals surface area contributed by atoms with Gasteiger partial charge in [0.25, 0.3) is 0 Å². The molecule has 0 radical (unpaired) electrons. The van der Waals surface area contributed by atoms with Crippen molar-refractivity contribution in [3.8, 4) is 11.1 Å². The summed E-state index contributed by atoms with van der Waals surface area (Å²) in [5, 5.41) is 10.9. The highest BCUT2D eigenvalue weighted by Crippen LogP contribution is 2.48. The summed E-state index contributed by atoms with van der Waals surface area (Å²) in [4.78, 5) is 5.26. The molecule has 3 aliphatic carbocycles. The van der Waals surface area contributed by atoms with E-state index in [-0.39, 0.29) is 0 Å². The van der Waals surface area contributed by atoms with Gasteiger partial charge in [0.05, 0.1) is 0 Å². The number of piperidine rings is 2. The highest BCUT2D eigenvalue weighted by molar-refractivity contribution is 6.20. The van der Waals surface area contributed by atoms with E-state index < -0.39 is 0 Å². The Hall–Kier alpha value is -5.60. The van der Waals surface area contributed by atoms with Crippen LogP contribution < -0.4 is 20.2 Å². The molecule has 0 bridgehead atoms. The first-order valence-electron chi connectivity index (χ1n) is 21.4. The Morgan fingerprint density at radius 2 is 1.23 bits per heavy atom. The Kier molecular flexibility index (Phi) is 8.53. The lowest BCUT2D eigenvalue weighted by Gasteiger charge is -2.31. The molecule has 5 aliphatic rings. The first kappa shape index (κ1) is 33.7. The maximum absolute atomic E-state index is 2.63. The fourth-order valence-corrected chi connectivity index (χ4v) is 10.6. The Morgan fingerprint density at radius 3 is 2.00 bits per heavy atom. The summed E-state index contributed by atoms with van der Waals surface area (Å²) >= 11 is 0. The van der Waals surface area contributed by atoms with Crippen LogP contribution in [0.1, 0.15) is 63.4 Å². The van der Waals surface area contributed by atoms with Crippen molar-refractivity contribution in [2.75, 3.05) is 36.0 Å². The quantitative estimate of drug-likeness (QED) is 0.163. The van der Waals surface area contributed by atoms with Gasteiger partial charge in [-0.25, -0.2) is 0 Å². The molecule has 2 heterocycles. The summed E-state index contributed by atoms with van der Waals surface area (Å²) in [5.74, 6) is 0.368. The molecule has 1 atom stereocenters. The molecule has 0 aromatic heterocycles. The van der Waals surface area contributed by atoms with Crippen LogP contribution in [0.4, 0.5) is 11.4 Å². The van der Waals surface area contributed by atoms with Crippen LogP contribution in [0, 0.1) is 5.92 Å². The van der Waals surface area contributed by atoms with Crippen LogP contribution in [0.25, 0.3) is 60.7 Å². The smallest absolute Gasteiger partial charge is 0.0372 e. The predicted octanol–water partition coefficient (Wildman–Crippen LogP) is 12.0. The van der Waals surface area contributed by atoms with E-state index in [4.69, 9.17) is 0 Å². The summed E-state index contributed by atoms with van der Waals surface area (Å²) in [7, 11) is 0. The number of allylic oxidation sites excluding steroid dienone is 8. The fourth-order valence-electron chi connectivity index (χ4n) is 10.6. The summed E-state index contributed by atoms with van der Waals surface area (Å²) in [6.45, 7) is 4.56. The number of nitrogens with zero attached hydrogens (tertiary/aromatic N) is 2. The molecule has 2 aliphatic heterocycles. The molecule has 6 aromatic rings. The summed E-state index contributed by atoms with van der Waals surface area (Å²) in [6.07, 6.45) is 25.7. The van der Waals surface area contributed by atoms with Gasteiger partial charge >= 0.3 is 0 Å². The van der Waals surface area contributed by atoms with Crippen molar-refractivity contribution in [3.63, 3.8) is 0 Å². The van der Waals surface area contributed by atoms with Crippen molar-refractivity contribution in [2.45, 2.75) is 57.8 Å². The van der Waals surface area contributed by atoms with E-state index in [9.17, 15) is 0 Å². The maximum atomic E-state index is 2.63. The molecule has 276 valence electrons. The number of benzene rings is 6. The van der Waals surface area contributed by atoms with E-state index in [1.54, 1.807) is 0 Å². The van der Waals surface area contributed by atoms with Crippen LogP contribution in [-0.4, -0.2) is 26.2 Å². The van der Waals surface area contributed by atoms with E-state index >= 15 is 0 Å². The zero-order valence-electron chi connectivity index (χ0n) is 32.4. The molecule has 2 fully saturated rings. The summed E-state index contributed by atoms with van der Waals surface area (Å²) in [5.41, 5.74) is 12.6. The van der Waals surface area contributed by atoms with Gasteiger partial charge < -0.3 is 9.80 Å². The van der Waals surface area contributed by atoms with Gasteiger partial charge in [0.15, 0.2) is 0 Å². The number of hydrogen-bond acceptors (Lipinski definition) is 2. The lowest BCUT2D eigenvalue weighted by Crippen LogP contribution is -2.29. The van der Waals surface area contributed by atoms with Crippen LogP contribution in [0.2, 0.25) is 0 Å². The molecule has 2 nitrogen and oxygen atoms in total. The molecule has 2 saturated heterocycles. The SMILES string of the molecule is C1=CC2CC(c3c4cc(N5CCCCC5)ccc4c(-c4ccc5ccccc5c4)c4cc(N5CCCCC5)ccc34)=CC=C2C=C1C1=c2ccccc2=CCC1. The third kappa shape index (κ3) is 5.93. The van der Waals surface area contributed by atoms with Gasteiger partial charge in [0, 0.05) is 43.5 Å². The van der Waals surface area contributed by atoms with E-state index in [2.05, 4.69) is 149 Å². The number of fused-ring (bicyclic) bond motifs is 5. The van der Waals surface area contributed by atoms with Crippen LogP contribution in [-0.2, 0) is 0 Å². The first-order chi connectivity index (χ1) is 27.7. The summed E-state index contributed by atoms with van der Waals surface area (Å²) in [6, 6.07) is 39.8. The third-order valence-corrected chi connectivity index (χ3v) is 13.5. The summed E-state index contributed by atoms with van der Waals surface area (Å²) < 4.78 is 0. The van der Waals surface area contributed by atoms with Crippen molar-refractivity contribution < 1.29 is 0 Å². The monoisotopic (exact) mass is 726 g/mol. The Labute approximate surface area is 331 Å². The van der Waals surface area contributed by atoms with Crippen LogP contribution >= 0.6 is 0 Å². The average molecular weight is 727 g/mol. The van der Waals surface area contributed by atoms with Crippen molar-refractivity contribution in [1.29, 1.82) is 0 Å². The minimum Gasteiger partial charge on any atom is -0.372 e. The second kappa shape index (κ2) is 14.2. The zero-order chi connectivity index (χ0) is 37.0. The van der Waals surface area contributed by atoms with Gasteiger partial charge in [-0.3, -0.25) is 0 Å². The predicted molar refractivity (Wildman–Crippen MR) is 241 cm³/mol. The average Bonchev–Trinajstić information content (AvgIpc) is 3.27. The number of anilines is 2. The largest absolute Gasteiger partial charge is 0.372 e. The van der Waals surface area contributed by atoms with Crippen molar-refractivity contribution in [1.82, 2.24) is 0 Å². The molecule has 0 amide bonds. The third-order valence-electron chi connectivity index (χ3n) is 13.5. The van der Waals surface area contributed by atoms with E-state index in [1.807, 2.05) is 0 Å². The van der Waals surface area contributed by atoms with Gasteiger partial charge in [-0.15, -0.1) is 0 Å². The van der Waals surface area contributed by atoms with Crippen LogP contribution in [0.3, 0.4) is 0 Å². The maximum Gasteiger partial charge on any atom is 0.0372 e. The standard InChI is InChI=1S/C54H50N2/c1-7-28-55(29-8-1)45-25-27-50-51(35-45)53(43-22-18-37-12-3-4-14-39(37)33-43)49-26-24-46(56-30-9-2-10-31-56)36-52(49)54(50)44-23-20-40-32-42(21-19-41(40)34-44)48-17-11-15-38-13-5-6-16-47(38)48/h3-6,12-16,18-27,32-33,35-36,41H,1-2,7-11,17,28-31,34H2. The lowest BCUT2D eigenvalue weighted by atomic mass is 9.76. The van der Waals surface area contributed by atoms with Gasteiger partial charge in [0.1, 0.15) is 0 Å².